The van der Waals surface area contributed by atoms with Crippen LogP contribution in [0, 0.1) is 5.82 Å². The van der Waals surface area contributed by atoms with Crippen LogP contribution < -0.4 is 11.1 Å². The lowest BCUT2D eigenvalue weighted by Gasteiger charge is -2.08. The predicted octanol–water partition coefficient (Wildman–Crippen LogP) is 3.97. The van der Waals surface area contributed by atoms with E-state index in [1.807, 2.05) is 0 Å². The molecular formula is C13H9Cl2FN2O. The highest BCUT2D eigenvalue weighted by Crippen LogP contribution is 2.24. The van der Waals surface area contributed by atoms with E-state index < -0.39 is 11.7 Å². The molecule has 0 saturated carbocycles. The van der Waals surface area contributed by atoms with Crippen molar-refractivity contribution in [3.8, 4) is 0 Å². The largest absolute Gasteiger partial charge is 0.397 e. The summed E-state index contributed by atoms with van der Waals surface area (Å²) in [5.74, 6) is -1.17. The minimum absolute atomic E-state index is 0.0511. The maximum Gasteiger partial charge on any atom is 0.257 e. The molecule has 0 fully saturated rings. The molecule has 1 amide bonds. The van der Waals surface area contributed by atoms with E-state index in [1.54, 1.807) is 12.1 Å². The lowest BCUT2D eigenvalue weighted by atomic mass is 10.2. The summed E-state index contributed by atoms with van der Waals surface area (Å²) < 4.78 is 13.2. The molecule has 2 aromatic rings. The van der Waals surface area contributed by atoms with E-state index in [-0.39, 0.29) is 10.6 Å². The highest BCUT2D eigenvalue weighted by Gasteiger charge is 2.13. The molecule has 0 radical (unpaired) electrons. The van der Waals surface area contributed by atoms with Crippen LogP contribution in [-0.2, 0) is 0 Å². The summed E-state index contributed by atoms with van der Waals surface area (Å²) in [7, 11) is 0. The third kappa shape index (κ3) is 2.97. The van der Waals surface area contributed by atoms with Crippen LogP contribution in [-0.4, -0.2) is 5.91 Å². The highest BCUT2D eigenvalue weighted by molar-refractivity contribution is 6.34. The van der Waals surface area contributed by atoms with Gasteiger partial charge < -0.3 is 11.1 Å². The quantitative estimate of drug-likeness (QED) is 0.824. The van der Waals surface area contributed by atoms with Gasteiger partial charge in [0.05, 0.1) is 21.3 Å². The standard InChI is InChI=1S/C13H9Cl2FN2O/c14-9-5-4-7(6-11(9)17)18-13(19)8-2-1-3-10(16)12(8)15/h1-6H,17H2,(H,18,19). The normalized spacial score (nSPS) is 10.3. The highest BCUT2D eigenvalue weighted by atomic mass is 35.5. The molecule has 0 heterocycles. The van der Waals surface area contributed by atoms with Crippen LogP contribution in [0.25, 0.3) is 0 Å². The molecule has 0 aliphatic carbocycles. The van der Waals surface area contributed by atoms with Crippen molar-refractivity contribution in [2.24, 2.45) is 0 Å². The Hall–Kier alpha value is -1.78. The molecule has 2 rings (SSSR count). The first kappa shape index (κ1) is 13.6. The molecule has 3 nitrogen and oxygen atoms in total. The van der Waals surface area contributed by atoms with Crippen molar-refractivity contribution in [3.05, 3.63) is 57.8 Å². The zero-order valence-electron chi connectivity index (χ0n) is 9.58. The summed E-state index contributed by atoms with van der Waals surface area (Å²) in [6.45, 7) is 0. The molecular weight excluding hydrogens is 290 g/mol. The first-order valence-corrected chi connectivity index (χ1v) is 6.05. The third-order valence-corrected chi connectivity index (χ3v) is 3.18. The fourth-order valence-electron chi connectivity index (χ4n) is 1.50. The Morgan fingerprint density at radius 3 is 2.63 bits per heavy atom. The molecule has 0 saturated heterocycles. The van der Waals surface area contributed by atoms with Gasteiger partial charge in [0.25, 0.3) is 5.91 Å². The fraction of sp³-hybridized carbons (Fsp3) is 0. The van der Waals surface area contributed by atoms with Crippen LogP contribution in [0.15, 0.2) is 36.4 Å². The number of hydrogen-bond donors (Lipinski definition) is 2. The number of rotatable bonds is 2. The van der Waals surface area contributed by atoms with E-state index >= 15 is 0 Å². The number of hydrogen-bond acceptors (Lipinski definition) is 2. The second kappa shape index (κ2) is 5.47. The zero-order chi connectivity index (χ0) is 14.0. The minimum Gasteiger partial charge on any atom is -0.397 e. The van der Waals surface area contributed by atoms with Crippen molar-refractivity contribution < 1.29 is 9.18 Å². The van der Waals surface area contributed by atoms with Gasteiger partial charge in [0.2, 0.25) is 0 Å². The summed E-state index contributed by atoms with van der Waals surface area (Å²) in [6.07, 6.45) is 0. The first-order valence-electron chi connectivity index (χ1n) is 5.29. The SMILES string of the molecule is Nc1cc(NC(=O)c2cccc(F)c2Cl)ccc1Cl. The van der Waals surface area contributed by atoms with Crippen LogP contribution in [0.2, 0.25) is 10.0 Å². The third-order valence-electron chi connectivity index (χ3n) is 2.45. The number of nitrogens with two attached hydrogens (primary N) is 1. The smallest absolute Gasteiger partial charge is 0.257 e. The van der Waals surface area contributed by atoms with Gasteiger partial charge in [0.1, 0.15) is 5.82 Å². The lowest BCUT2D eigenvalue weighted by Crippen LogP contribution is -2.13. The summed E-state index contributed by atoms with van der Waals surface area (Å²) in [4.78, 5) is 11.9. The monoisotopic (exact) mass is 298 g/mol. The van der Waals surface area contributed by atoms with Crippen molar-refractivity contribution in [2.45, 2.75) is 0 Å². The van der Waals surface area contributed by atoms with Gasteiger partial charge in [0.15, 0.2) is 0 Å². The minimum atomic E-state index is -0.648. The number of carbonyl (C=O) groups excluding carboxylic acids is 1. The van der Waals surface area contributed by atoms with E-state index in [2.05, 4.69) is 5.32 Å². The van der Waals surface area contributed by atoms with Crippen LogP contribution in [0.5, 0.6) is 0 Å². The van der Waals surface area contributed by atoms with Gasteiger partial charge >= 0.3 is 0 Å². The number of anilines is 2. The molecule has 0 bridgehead atoms. The Morgan fingerprint density at radius 2 is 1.95 bits per heavy atom. The second-order valence-corrected chi connectivity index (χ2v) is 4.58. The Labute approximate surface area is 119 Å². The van der Waals surface area contributed by atoms with Gasteiger partial charge in [0, 0.05) is 5.69 Å². The summed E-state index contributed by atoms with van der Waals surface area (Å²) in [6, 6.07) is 8.67. The Kier molecular flexibility index (Phi) is 3.93. The van der Waals surface area contributed by atoms with Crippen LogP contribution in [0.1, 0.15) is 10.4 Å². The first-order chi connectivity index (χ1) is 8.99. The topological polar surface area (TPSA) is 55.1 Å². The molecule has 0 aromatic heterocycles. The molecule has 19 heavy (non-hydrogen) atoms. The average Bonchev–Trinajstić information content (AvgIpc) is 2.37. The van der Waals surface area contributed by atoms with E-state index in [1.165, 1.54) is 24.3 Å². The molecule has 0 aliphatic rings. The van der Waals surface area contributed by atoms with Crippen LogP contribution in [0.4, 0.5) is 15.8 Å². The molecule has 0 spiro atoms. The number of nitrogen functional groups attached to an aromatic ring is 1. The molecule has 0 unspecified atom stereocenters. The second-order valence-electron chi connectivity index (χ2n) is 3.79. The van der Waals surface area contributed by atoms with E-state index in [0.29, 0.717) is 16.4 Å². The Morgan fingerprint density at radius 1 is 1.21 bits per heavy atom. The van der Waals surface area contributed by atoms with Crippen LogP contribution >= 0.6 is 23.2 Å². The Bertz CT molecular complexity index is 647. The van der Waals surface area contributed by atoms with E-state index in [4.69, 9.17) is 28.9 Å². The molecule has 3 N–H and O–H groups in total. The van der Waals surface area contributed by atoms with Gasteiger partial charge in [-0.15, -0.1) is 0 Å². The summed E-state index contributed by atoms with van der Waals surface area (Å²) >= 11 is 11.5. The van der Waals surface area contributed by atoms with Crippen LogP contribution in [0.3, 0.4) is 0 Å². The molecule has 0 atom stereocenters. The van der Waals surface area contributed by atoms with E-state index in [0.717, 1.165) is 0 Å². The lowest BCUT2D eigenvalue weighted by molar-refractivity contribution is 0.102. The van der Waals surface area contributed by atoms with Gasteiger partial charge in [-0.2, -0.15) is 0 Å². The number of amides is 1. The molecule has 6 heteroatoms. The van der Waals surface area contributed by atoms with Gasteiger partial charge in [-0.25, -0.2) is 4.39 Å². The van der Waals surface area contributed by atoms with Gasteiger partial charge in [-0.3, -0.25) is 4.79 Å². The van der Waals surface area contributed by atoms with Crippen molar-refractivity contribution >= 4 is 40.5 Å². The number of nitrogens with one attached hydrogen (secondary N) is 1. The zero-order valence-corrected chi connectivity index (χ0v) is 11.1. The fourth-order valence-corrected chi connectivity index (χ4v) is 1.83. The van der Waals surface area contributed by atoms with Crippen molar-refractivity contribution in [2.75, 3.05) is 11.1 Å². The maximum atomic E-state index is 13.2. The maximum absolute atomic E-state index is 13.2. The average molecular weight is 299 g/mol. The summed E-state index contributed by atoms with van der Waals surface area (Å²) in [5.41, 5.74) is 6.46. The van der Waals surface area contributed by atoms with Gasteiger partial charge in [-0.05, 0) is 30.3 Å². The Balaban J connectivity index is 2.26. The van der Waals surface area contributed by atoms with Crippen molar-refractivity contribution in [1.82, 2.24) is 0 Å². The summed E-state index contributed by atoms with van der Waals surface area (Å²) in [5, 5.41) is 2.74. The number of carbonyl (C=O) groups is 1. The van der Waals surface area contributed by atoms with E-state index in [9.17, 15) is 9.18 Å². The van der Waals surface area contributed by atoms with Gasteiger partial charge in [-0.1, -0.05) is 29.3 Å². The molecule has 2 aromatic carbocycles. The molecule has 0 aliphatic heterocycles. The predicted molar refractivity (Wildman–Crippen MR) is 75.2 cm³/mol. The van der Waals surface area contributed by atoms with Crippen molar-refractivity contribution in [1.29, 1.82) is 0 Å². The number of benzene rings is 2. The van der Waals surface area contributed by atoms with Crippen molar-refractivity contribution in [3.63, 3.8) is 0 Å². The number of halogens is 3. The molecule has 98 valence electrons.